The van der Waals surface area contributed by atoms with Gasteiger partial charge in [-0.25, -0.2) is 0 Å². The van der Waals surface area contributed by atoms with Gasteiger partial charge in [-0.2, -0.15) is 0 Å². The van der Waals surface area contributed by atoms with Gasteiger partial charge in [-0.1, -0.05) is 12.1 Å². The van der Waals surface area contributed by atoms with Crippen LogP contribution in [0.4, 0.5) is 11.4 Å². The molecule has 0 spiro atoms. The lowest BCUT2D eigenvalue weighted by Crippen LogP contribution is -2.48. The Balaban J connectivity index is 1.54. The maximum atomic E-state index is 12.7. The van der Waals surface area contributed by atoms with E-state index in [1.165, 1.54) is 0 Å². The van der Waals surface area contributed by atoms with Crippen molar-refractivity contribution in [2.24, 2.45) is 5.92 Å². The van der Waals surface area contributed by atoms with Gasteiger partial charge in [0.25, 0.3) is 5.91 Å². The molecule has 10 nitrogen and oxygen atoms in total. The number of aryl methyl sites for hydroxylation is 1. The first-order valence-electron chi connectivity index (χ1n) is 12.8. The highest BCUT2D eigenvalue weighted by molar-refractivity contribution is 6.71. The minimum Gasteiger partial charge on any atom is -0.490 e. The third-order valence-electron chi connectivity index (χ3n) is 7.19. The number of anilines is 2. The van der Waals surface area contributed by atoms with Gasteiger partial charge in [-0.15, -0.1) is 5.10 Å². The second-order valence-corrected chi connectivity index (χ2v) is 14.5. The molecule has 1 aromatic heterocycles. The molecule has 0 bridgehead atoms. The fourth-order valence-electron chi connectivity index (χ4n) is 5.16. The fourth-order valence-corrected chi connectivity index (χ4v) is 7.17. The monoisotopic (exact) mass is 539 g/mol. The van der Waals surface area contributed by atoms with Gasteiger partial charge in [-0.3, -0.25) is 9.48 Å². The second kappa shape index (κ2) is 11.6. The lowest BCUT2D eigenvalue weighted by molar-refractivity contribution is -0.0247. The van der Waals surface area contributed by atoms with E-state index < -0.39 is 8.32 Å². The molecule has 2 heterocycles. The van der Waals surface area contributed by atoms with Gasteiger partial charge in [-0.05, 0) is 62.0 Å². The molecule has 1 unspecified atom stereocenters. The summed E-state index contributed by atoms with van der Waals surface area (Å²) in [7, 11) is -0.996. The molecule has 4 rings (SSSR count). The second-order valence-electron chi connectivity index (χ2n) is 10.4. The van der Waals surface area contributed by atoms with Crippen LogP contribution in [-0.4, -0.2) is 58.9 Å². The molecule has 1 amide bonds. The molecule has 0 fully saturated rings. The van der Waals surface area contributed by atoms with Crippen molar-refractivity contribution >= 4 is 25.6 Å². The maximum absolute atomic E-state index is 12.7. The van der Waals surface area contributed by atoms with E-state index in [9.17, 15) is 9.59 Å². The SMILES string of the molecule is CO[C@H]1c2cc(NC(=O)c3ccc(N)cc3)ccc2O[C@@H](C(CCn2cc(CCO)nn2)[Si](C)(C)O)[C@@H]1C. The molecule has 38 heavy (non-hydrogen) atoms. The number of aromatic nitrogens is 3. The van der Waals surface area contributed by atoms with Crippen LogP contribution in [-0.2, 0) is 17.7 Å². The molecule has 5 N–H and O–H groups in total. The standard InChI is InChI=1S/C27H37N5O5Si/c1-17-25(36-2)22-15-20(29-27(34)18-5-7-19(28)8-6-18)9-10-23(22)37-26(17)24(38(3,4)35)11-13-32-16-21(12-14-33)30-31-32/h5-10,15-17,24-26,33,35H,11-14,28H2,1-4H3,(H,29,34)/t17-,24?,25-,26-/m1/s1. The number of benzene rings is 2. The summed E-state index contributed by atoms with van der Waals surface area (Å²) in [5.74, 6) is 0.393. The Hall–Kier alpha value is -3.25. The Morgan fingerprint density at radius 3 is 2.66 bits per heavy atom. The fraction of sp³-hybridized carbons (Fsp3) is 0.444. The van der Waals surface area contributed by atoms with E-state index in [1.807, 2.05) is 37.5 Å². The zero-order chi connectivity index (χ0) is 27.4. The van der Waals surface area contributed by atoms with Gasteiger partial charge in [0.1, 0.15) is 11.9 Å². The zero-order valence-corrected chi connectivity index (χ0v) is 23.3. The molecule has 4 atom stereocenters. The number of nitrogens with zero attached hydrogens (tertiary/aromatic N) is 3. The summed E-state index contributed by atoms with van der Waals surface area (Å²) in [4.78, 5) is 24.0. The van der Waals surface area contributed by atoms with Gasteiger partial charge >= 0.3 is 0 Å². The van der Waals surface area contributed by atoms with Crippen molar-refractivity contribution in [2.45, 2.75) is 57.2 Å². The molecular formula is C27H37N5O5Si. The number of nitrogens with one attached hydrogen (secondary N) is 1. The van der Waals surface area contributed by atoms with Crippen molar-refractivity contribution < 1.29 is 24.2 Å². The van der Waals surface area contributed by atoms with Crippen LogP contribution in [0.25, 0.3) is 0 Å². The summed E-state index contributed by atoms with van der Waals surface area (Å²) in [5.41, 5.74) is 8.97. The number of hydrogen-bond donors (Lipinski definition) is 4. The number of nitrogens with two attached hydrogens (primary N) is 1. The Labute approximate surface area is 223 Å². The Morgan fingerprint density at radius 1 is 1.26 bits per heavy atom. The Kier molecular flexibility index (Phi) is 8.51. The van der Waals surface area contributed by atoms with Gasteiger partial charge in [0.2, 0.25) is 0 Å². The highest BCUT2D eigenvalue weighted by atomic mass is 28.4. The van der Waals surface area contributed by atoms with Crippen molar-refractivity contribution in [2.75, 3.05) is 24.8 Å². The van der Waals surface area contributed by atoms with E-state index in [0.29, 0.717) is 42.1 Å². The normalized spacial score (nSPS) is 19.9. The van der Waals surface area contributed by atoms with Crippen LogP contribution < -0.4 is 15.8 Å². The van der Waals surface area contributed by atoms with E-state index in [0.717, 1.165) is 11.3 Å². The smallest absolute Gasteiger partial charge is 0.255 e. The summed E-state index contributed by atoms with van der Waals surface area (Å²) in [6, 6.07) is 12.3. The summed E-state index contributed by atoms with van der Waals surface area (Å²) in [6.07, 6.45) is 2.40. The van der Waals surface area contributed by atoms with Crippen LogP contribution in [0.5, 0.6) is 5.75 Å². The van der Waals surface area contributed by atoms with Crippen molar-refractivity contribution in [3.63, 3.8) is 0 Å². The predicted octanol–water partition coefficient (Wildman–Crippen LogP) is 3.39. The lowest BCUT2D eigenvalue weighted by Gasteiger charge is -2.43. The summed E-state index contributed by atoms with van der Waals surface area (Å²) >= 11 is 0. The Bertz CT molecular complexity index is 1240. The number of methoxy groups -OCH3 is 1. The topological polar surface area (TPSA) is 145 Å². The first-order valence-corrected chi connectivity index (χ1v) is 15.9. The Morgan fingerprint density at radius 2 is 2.00 bits per heavy atom. The largest absolute Gasteiger partial charge is 0.490 e. The molecule has 11 heteroatoms. The summed E-state index contributed by atoms with van der Waals surface area (Å²) in [5, 5.41) is 20.3. The molecule has 0 aliphatic carbocycles. The lowest BCUT2D eigenvalue weighted by atomic mass is 9.86. The summed E-state index contributed by atoms with van der Waals surface area (Å²) in [6.45, 7) is 6.53. The van der Waals surface area contributed by atoms with Crippen molar-refractivity contribution in [1.82, 2.24) is 15.0 Å². The molecular weight excluding hydrogens is 502 g/mol. The number of aliphatic hydroxyl groups excluding tert-OH is 1. The average Bonchev–Trinajstić information content (AvgIpc) is 3.31. The molecule has 0 saturated carbocycles. The molecule has 0 saturated heterocycles. The number of nitrogen functional groups attached to an aromatic ring is 1. The van der Waals surface area contributed by atoms with Crippen LogP contribution in [0.15, 0.2) is 48.7 Å². The van der Waals surface area contributed by atoms with E-state index in [4.69, 9.17) is 20.3 Å². The van der Waals surface area contributed by atoms with E-state index in [1.54, 1.807) is 36.1 Å². The number of amides is 1. The zero-order valence-electron chi connectivity index (χ0n) is 22.3. The molecule has 204 valence electrons. The quantitative estimate of drug-likeness (QED) is 0.227. The number of carbonyl (C=O) groups is 1. The number of hydrogen-bond acceptors (Lipinski definition) is 8. The number of fused-ring (bicyclic) bond motifs is 1. The average molecular weight is 540 g/mol. The van der Waals surface area contributed by atoms with Gasteiger partial charge < -0.3 is 30.4 Å². The number of ether oxygens (including phenoxy) is 2. The third-order valence-corrected chi connectivity index (χ3v) is 9.62. The van der Waals surface area contributed by atoms with Gasteiger partial charge in [0, 0.05) is 66.8 Å². The van der Waals surface area contributed by atoms with Crippen LogP contribution >= 0.6 is 0 Å². The molecule has 3 aromatic rings. The van der Waals surface area contributed by atoms with Crippen LogP contribution in [0.3, 0.4) is 0 Å². The van der Waals surface area contributed by atoms with Crippen LogP contribution in [0.2, 0.25) is 18.6 Å². The minimum atomic E-state index is -2.66. The maximum Gasteiger partial charge on any atom is 0.255 e. The molecule has 0 radical (unpaired) electrons. The van der Waals surface area contributed by atoms with E-state index in [2.05, 4.69) is 22.6 Å². The van der Waals surface area contributed by atoms with E-state index >= 15 is 0 Å². The predicted molar refractivity (Wildman–Crippen MR) is 147 cm³/mol. The number of carbonyl (C=O) groups excluding carboxylic acids is 1. The summed E-state index contributed by atoms with van der Waals surface area (Å²) < 4.78 is 14.2. The first kappa shape index (κ1) is 27.8. The van der Waals surface area contributed by atoms with Gasteiger partial charge in [0.15, 0.2) is 8.32 Å². The number of rotatable bonds is 10. The van der Waals surface area contributed by atoms with E-state index in [-0.39, 0.29) is 36.2 Å². The highest BCUT2D eigenvalue weighted by Gasteiger charge is 2.46. The minimum absolute atomic E-state index is 0.0237. The van der Waals surface area contributed by atoms with Crippen molar-refractivity contribution in [3.8, 4) is 5.75 Å². The molecule has 2 aromatic carbocycles. The van der Waals surface area contributed by atoms with Crippen LogP contribution in [0.1, 0.15) is 41.1 Å². The third kappa shape index (κ3) is 6.24. The van der Waals surface area contributed by atoms with Crippen molar-refractivity contribution in [1.29, 1.82) is 0 Å². The molecule has 1 aliphatic heterocycles. The van der Waals surface area contributed by atoms with Gasteiger partial charge in [0.05, 0.1) is 11.8 Å². The number of aliphatic hydroxyl groups is 1. The van der Waals surface area contributed by atoms with Crippen LogP contribution in [0, 0.1) is 5.92 Å². The first-order chi connectivity index (χ1) is 18.1. The highest BCUT2D eigenvalue weighted by Crippen LogP contribution is 2.47. The molecule has 1 aliphatic rings. The van der Waals surface area contributed by atoms with Crippen molar-refractivity contribution in [3.05, 3.63) is 65.5 Å².